The molecule has 3 aromatic carbocycles. The van der Waals surface area contributed by atoms with Gasteiger partial charge in [-0.15, -0.1) is 0 Å². The number of rotatable bonds is 8. The van der Waals surface area contributed by atoms with Gasteiger partial charge in [0, 0.05) is 0 Å². The summed E-state index contributed by atoms with van der Waals surface area (Å²) < 4.78 is 20.9. The van der Waals surface area contributed by atoms with Gasteiger partial charge in [-0.1, -0.05) is 124 Å². The lowest BCUT2D eigenvalue weighted by Crippen LogP contribution is -2.72. The number of ketones is 1. The fourth-order valence-corrected chi connectivity index (χ4v) is 14.5. The van der Waals surface area contributed by atoms with E-state index in [1.165, 1.54) is 10.4 Å². The summed E-state index contributed by atoms with van der Waals surface area (Å²) in [6.07, 6.45) is -0.739. The van der Waals surface area contributed by atoms with E-state index in [9.17, 15) is 4.79 Å². The zero-order valence-corrected chi connectivity index (χ0v) is 30.5. The molecule has 0 unspecified atom stereocenters. The lowest BCUT2D eigenvalue weighted by molar-refractivity contribution is -0.293. The molecule has 1 saturated carbocycles. The Labute approximate surface area is 280 Å². The van der Waals surface area contributed by atoms with Crippen LogP contribution in [0.3, 0.4) is 0 Å². The Morgan fingerprint density at radius 3 is 1.78 bits per heavy atom. The molecular weight excluding hydrogens is 611 g/mol. The molecule has 246 valence electrons. The number of hydrogen-bond donors (Lipinski definition) is 0. The number of carbonyl (C=O) groups excluding carboxylic acids is 1. The summed E-state index contributed by atoms with van der Waals surface area (Å²) in [6, 6.07) is 31.7. The van der Waals surface area contributed by atoms with Gasteiger partial charge in [-0.3, -0.25) is 9.63 Å². The smallest absolute Gasteiger partial charge is 0.261 e. The maximum Gasteiger partial charge on any atom is 0.261 e. The molecule has 2 saturated heterocycles. The summed E-state index contributed by atoms with van der Waals surface area (Å²) in [6.45, 7) is 19.8. The Balaban J connectivity index is 1.38. The molecule has 3 fully saturated rings. The molecule has 8 heteroatoms. The molecule has 0 radical (unpaired) electrons. The van der Waals surface area contributed by atoms with Gasteiger partial charge < -0.3 is 13.9 Å². The number of hydroxylamine groups is 2. The fourth-order valence-electron chi connectivity index (χ4n) is 8.11. The van der Waals surface area contributed by atoms with Crippen LogP contribution < -0.4 is 10.4 Å². The van der Waals surface area contributed by atoms with E-state index in [2.05, 4.69) is 93.6 Å². The van der Waals surface area contributed by atoms with Crippen molar-refractivity contribution in [3.05, 3.63) is 96.6 Å². The van der Waals surface area contributed by atoms with E-state index in [1.54, 1.807) is 11.8 Å². The molecule has 0 aromatic heterocycles. The Hall–Kier alpha value is -2.30. The maximum atomic E-state index is 13.4. The first-order chi connectivity index (χ1) is 21.6. The monoisotopic (exact) mass is 659 g/mol. The molecule has 2 heterocycles. The number of ether oxygens (including phenoxy) is 2. The van der Waals surface area contributed by atoms with Gasteiger partial charge in [-0.05, 0) is 62.5 Å². The molecule has 6 rings (SSSR count). The minimum Gasteiger partial charge on any atom is -0.405 e. The summed E-state index contributed by atoms with van der Waals surface area (Å²) in [4.78, 5) is 19.7. The zero-order chi connectivity index (χ0) is 33.2. The summed E-state index contributed by atoms with van der Waals surface area (Å²) in [5, 5.41) is 4.09. The van der Waals surface area contributed by atoms with Crippen molar-refractivity contribution in [3.8, 4) is 0 Å². The van der Waals surface area contributed by atoms with E-state index in [0.717, 1.165) is 5.56 Å². The minimum atomic E-state index is -2.82. The third-order valence-electron chi connectivity index (χ3n) is 10.2. The van der Waals surface area contributed by atoms with Crippen molar-refractivity contribution < 1.29 is 23.5 Å². The SMILES string of the molecule is CC1(C)O[C@H]([C@H]2SC3(ON2Cc2ccccc2)C(C)(C)C(=O)C3(C)C)[C@H](CO[Si](c2ccccc2)(c2ccccc2)C(C)(C)C)O1. The van der Waals surface area contributed by atoms with E-state index in [0.29, 0.717) is 13.2 Å². The van der Waals surface area contributed by atoms with Crippen molar-refractivity contribution >= 4 is 36.2 Å². The van der Waals surface area contributed by atoms with E-state index in [-0.39, 0.29) is 28.4 Å². The van der Waals surface area contributed by atoms with Crippen molar-refractivity contribution in [2.24, 2.45) is 10.8 Å². The van der Waals surface area contributed by atoms with Gasteiger partial charge in [-0.2, -0.15) is 5.06 Å². The van der Waals surface area contributed by atoms with Gasteiger partial charge in [0.05, 0.1) is 24.0 Å². The largest absolute Gasteiger partial charge is 0.405 e. The van der Waals surface area contributed by atoms with Gasteiger partial charge in [0.25, 0.3) is 8.32 Å². The van der Waals surface area contributed by atoms with Crippen LogP contribution >= 0.6 is 11.8 Å². The summed E-state index contributed by atoms with van der Waals surface area (Å²) in [5.74, 6) is -0.609. The highest BCUT2D eigenvalue weighted by Gasteiger charge is 2.78. The predicted molar refractivity (Wildman–Crippen MR) is 187 cm³/mol. The molecule has 1 aliphatic carbocycles. The first kappa shape index (κ1) is 33.6. The second-order valence-electron chi connectivity index (χ2n) is 15.5. The van der Waals surface area contributed by atoms with Gasteiger partial charge in [0.2, 0.25) is 0 Å². The van der Waals surface area contributed by atoms with E-state index in [4.69, 9.17) is 18.7 Å². The third kappa shape index (κ3) is 5.25. The molecule has 1 spiro atoms. The average molecular weight is 660 g/mol. The number of nitrogens with zero attached hydrogens (tertiary/aromatic N) is 1. The molecule has 46 heavy (non-hydrogen) atoms. The number of carbonyl (C=O) groups is 1. The molecule has 0 amide bonds. The van der Waals surface area contributed by atoms with E-state index < -0.39 is 29.9 Å². The van der Waals surface area contributed by atoms with E-state index in [1.807, 2.05) is 64.8 Å². The molecule has 0 N–H and O–H groups in total. The fraction of sp³-hybridized carbons (Fsp3) is 0.500. The van der Waals surface area contributed by atoms with Crippen LogP contribution in [-0.4, -0.2) is 54.1 Å². The summed E-state index contributed by atoms with van der Waals surface area (Å²) >= 11 is 1.71. The van der Waals surface area contributed by atoms with Gasteiger partial charge >= 0.3 is 0 Å². The molecule has 3 aliphatic rings. The Morgan fingerprint density at radius 2 is 1.28 bits per heavy atom. The first-order valence-electron chi connectivity index (χ1n) is 16.4. The zero-order valence-electron chi connectivity index (χ0n) is 28.7. The van der Waals surface area contributed by atoms with Crippen LogP contribution in [0, 0.1) is 10.8 Å². The Bertz CT molecular complexity index is 1480. The lowest BCUT2D eigenvalue weighted by atomic mass is 9.51. The summed E-state index contributed by atoms with van der Waals surface area (Å²) in [5.41, 5.74) is -0.202. The van der Waals surface area contributed by atoms with Crippen molar-refractivity contribution in [1.29, 1.82) is 0 Å². The highest BCUT2D eigenvalue weighted by atomic mass is 32.2. The van der Waals surface area contributed by atoms with Gasteiger partial charge in [-0.25, -0.2) is 0 Å². The number of benzene rings is 3. The van der Waals surface area contributed by atoms with Gasteiger partial charge in [0.1, 0.15) is 17.6 Å². The van der Waals surface area contributed by atoms with Crippen LogP contribution in [-0.2, 0) is 30.1 Å². The number of thioether (sulfide) groups is 1. The average Bonchev–Trinajstić information content (AvgIpc) is 3.56. The highest BCUT2D eigenvalue weighted by molar-refractivity contribution is 8.01. The molecular formula is C38H49NO5SSi. The van der Waals surface area contributed by atoms with Crippen LogP contribution in [0.1, 0.15) is 67.9 Å². The normalized spacial score (nSPS) is 26.7. The standard InChI is InChI=1S/C38H49NO5SSi/c1-34(2,3)46(28-21-15-11-16-22-28,29-23-17-12-18-24-29)41-26-30-31(43-37(8,9)42-30)32-39(25-27-19-13-10-14-20-27)44-38(45-32)35(4,5)33(40)36(38,6)7/h10-24,30-32H,25-26H2,1-9H3/t30-,31-,32+/m0/s1. The molecule has 6 nitrogen and oxygen atoms in total. The van der Waals surface area contributed by atoms with Crippen LogP contribution in [0.2, 0.25) is 5.04 Å². The minimum absolute atomic E-state index is 0.171. The molecule has 3 aromatic rings. The van der Waals surface area contributed by atoms with Crippen molar-refractivity contribution in [1.82, 2.24) is 5.06 Å². The maximum absolute atomic E-state index is 13.4. The lowest BCUT2D eigenvalue weighted by Gasteiger charge is -2.61. The second-order valence-corrected chi connectivity index (χ2v) is 21.1. The van der Waals surface area contributed by atoms with Crippen LogP contribution in [0.5, 0.6) is 0 Å². The third-order valence-corrected chi connectivity index (χ3v) is 17.3. The van der Waals surface area contributed by atoms with Crippen molar-refractivity contribution in [2.45, 2.75) is 102 Å². The van der Waals surface area contributed by atoms with Crippen molar-refractivity contribution in [3.63, 3.8) is 0 Å². The highest BCUT2D eigenvalue weighted by Crippen LogP contribution is 2.70. The molecule has 3 atom stereocenters. The van der Waals surface area contributed by atoms with E-state index >= 15 is 0 Å². The predicted octanol–water partition coefficient (Wildman–Crippen LogP) is 6.92. The van der Waals surface area contributed by atoms with Crippen LogP contribution in [0.15, 0.2) is 91.0 Å². The Morgan fingerprint density at radius 1 is 0.783 bits per heavy atom. The van der Waals surface area contributed by atoms with Gasteiger partial charge in [0.15, 0.2) is 16.5 Å². The number of Topliss-reactive ketones (excluding diaryl/α,β-unsaturated/α-hetero) is 1. The molecule has 0 bridgehead atoms. The second kappa shape index (κ2) is 11.7. The quantitative estimate of drug-likeness (QED) is 0.244. The molecule has 2 aliphatic heterocycles. The van der Waals surface area contributed by atoms with Crippen LogP contribution in [0.4, 0.5) is 0 Å². The number of hydrogen-bond acceptors (Lipinski definition) is 7. The first-order valence-corrected chi connectivity index (χ1v) is 19.2. The van der Waals surface area contributed by atoms with Crippen LogP contribution in [0.25, 0.3) is 0 Å². The topological polar surface area (TPSA) is 57.2 Å². The Kier molecular flexibility index (Phi) is 8.53. The summed E-state index contributed by atoms with van der Waals surface area (Å²) in [7, 11) is -2.82. The van der Waals surface area contributed by atoms with Crippen molar-refractivity contribution in [2.75, 3.05) is 6.61 Å².